The van der Waals surface area contributed by atoms with Gasteiger partial charge < -0.3 is 4.74 Å². The predicted octanol–water partition coefficient (Wildman–Crippen LogP) is 4.54. The fourth-order valence-electron chi connectivity index (χ4n) is 2.37. The van der Waals surface area contributed by atoms with E-state index in [4.69, 9.17) is 4.74 Å². The quantitative estimate of drug-likeness (QED) is 0.791. The monoisotopic (exact) mass is 282 g/mol. The Balaban J connectivity index is 1.82. The Labute approximate surface area is 106 Å². The van der Waals surface area contributed by atoms with Gasteiger partial charge in [0.05, 0.1) is 12.7 Å². The molecule has 0 aliphatic heterocycles. The number of benzene rings is 1. The first-order chi connectivity index (χ1) is 7.74. The molecule has 88 valence electrons. The van der Waals surface area contributed by atoms with Gasteiger partial charge in [0.1, 0.15) is 0 Å². The average Bonchev–Trinajstić information content (AvgIpc) is 2.27. The van der Waals surface area contributed by atoms with Crippen molar-refractivity contribution in [2.45, 2.75) is 45.3 Å². The highest BCUT2D eigenvalue weighted by molar-refractivity contribution is 9.10. The minimum absolute atomic E-state index is 0.475. The van der Waals surface area contributed by atoms with Gasteiger partial charge in [-0.1, -0.05) is 47.8 Å². The molecule has 2 heteroatoms. The molecule has 2 rings (SSSR count). The van der Waals surface area contributed by atoms with Crippen LogP contribution in [0.15, 0.2) is 28.7 Å². The summed E-state index contributed by atoms with van der Waals surface area (Å²) in [6, 6.07) is 8.36. The van der Waals surface area contributed by atoms with Crippen LogP contribution in [0.4, 0.5) is 0 Å². The van der Waals surface area contributed by atoms with Gasteiger partial charge in [-0.05, 0) is 36.5 Å². The van der Waals surface area contributed by atoms with E-state index >= 15 is 0 Å². The Morgan fingerprint density at radius 1 is 1.38 bits per heavy atom. The number of halogens is 1. The predicted molar refractivity (Wildman–Crippen MR) is 70.4 cm³/mol. The Hall–Kier alpha value is -0.340. The third kappa shape index (κ3) is 3.60. The van der Waals surface area contributed by atoms with Crippen LogP contribution in [0, 0.1) is 5.92 Å². The first kappa shape index (κ1) is 12.1. The van der Waals surface area contributed by atoms with Crippen LogP contribution in [0.25, 0.3) is 0 Å². The van der Waals surface area contributed by atoms with E-state index in [-0.39, 0.29) is 0 Å². The van der Waals surface area contributed by atoms with Gasteiger partial charge in [-0.25, -0.2) is 0 Å². The molecule has 2 atom stereocenters. The summed E-state index contributed by atoms with van der Waals surface area (Å²) in [7, 11) is 0. The van der Waals surface area contributed by atoms with Crippen LogP contribution in [0.5, 0.6) is 0 Å². The molecule has 0 amide bonds. The second kappa shape index (κ2) is 5.83. The summed E-state index contributed by atoms with van der Waals surface area (Å²) >= 11 is 3.48. The molecular weight excluding hydrogens is 264 g/mol. The van der Waals surface area contributed by atoms with E-state index in [1.54, 1.807) is 0 Å². The molecule has 1 fully saturated rings. The lowest BCUT2D eigenvalue weighted by atomic mass is 9.89. The molecule has 0 N–H and O–H groups in total. The SMILES string of the molecule is CC1CCCC(OCc2cccc(Br)c2)C1. The summed E-state index contributed by atoms with van der Waals surface area (Å²) in [5, 5.41) is 0. The molecule has 1 aromatic rings. The summed E-state index contributed by atoms with van der Waals surface area (Å²) in [6.07, 6.45) is 5.63. The lowest BCUT2D eigenvalue weighted by molar-refractivity contribution is 0.00465. The standard InChI is InChI=1S/C14H19BrO/c1-11-4-2-7-14(8-11)16-10-12-5-3-6-13(15)9-12/h3,5-6,9,11,14H,2,4,7-8,10H2,1H3. The number of rotatable bonds is 3. The van der Waals surface area contributed by atoms with Crippen LogP contribution in [-0.2, 0) is 11.3 Å². The van der Waals surface area contributed by atoms with E-state index in [0.717, 1.165) is 17.0 Å². The number of hydrogen-bond acceptors (Lipinski definition) is 1. The lowest BCUT2D eigenvalue weighted by Crippen LogP contribution is -2.21. The normalized spacial score (nSPS) is 25.6. The zero-order valence-electron chi connectivity index (χ0n) is 9.79. The fourth-order valence-corrected chi connectivity index (χ4v) is 2.82. The number of ether oxygens (including phenoxy) is 1. The minimum Gasteiger partial charge on any atom is -0.374 e. The van der Waals surface area contributed by atoms with Gasteiger partial charge in [-0.2, -0.15) is 0 Å². The van der Waals surface area contributed by atoms with E-state index in [9.17, 15) is 0 Å². The summed E-state index contributed by atoms with van der Waals surface area (Å²) in [5.41, 5.74) is 1.26. The van der Waals surface area contributed by atoms with Crippen molar-refractivity contribution in [1.82, 2.24) is 0 Å². The first-order valence-electron chi connectivity index (χ1n) is 6.10. The maximum Gasteiger partial charge on any atom is 0.0721 e. The summed E-state index contributed by atoms with van der Waals surface area (Å²) in [5.74, 6) is 0.834. The van der Waals surface area contributed by atoms with Crippen LogP contribution >= 0.6 is 15.9 Å². The van der Waals surface area contributed by atoms with E-state index in [0.29, 0.717) is 6.10 Å². The van der Waals surface area contributed by atoms with Gasteiger partial charge in [0.2, 0.25) is 0 Å². The fraction of sp³-hybridized carbons (Fsp3) is 0.571. The van der Waals surface area contributed by atoms with Gasteiger partial charge >= 0.3 is 0 Å². The van der Waals surface area contributed by atoms with Crippen LogP contribution in [0.1, 0.15) is 38.2 Å². The molecule has 0 saturated heterocycles. The van der Waals surface area contributed by atoms with E-state index in [1.165, 1.54) is 31.2 Å². The molecule has 16 heavy (non-hydrogen) atoms. The zero-order valence-corrected chi connectivity index (χ0v) is 11.4. The Morgan fingerprint density at radius 3 is 3.00 bits per heavy atom. The van der Waals surface area contributed by atoms with Crippen molar-refractivity contribution < 1.29 is 4.74 Å². The van der Waals surface area contributed by atoms with Crippen LogP contribution < -0.4 is 0 Å². The molecular formula is C14H19BrO. The highest BCUT2D eigenvalue weighted by Crippen LogP contribution is 2.26. The third-order valence-electron chi connectivity index (χ3n) is 3.26. The second-order valence-electron chi connectivity index (χ2n) is 4.83. The zero-order chi connectivity index (χ0) is 11.4. The molecule has 1 nitrogen and oxygen atoms in total. The molecule has 1 aliphatic carbocycles. The summed E-state index contributed by atoms with van der Waals surface area (Å²) in [4.78, 5) is 0. The maximum atomic E-state index is 5.97. The second-order valence-corrected chi connectivity index (χ2v) is 5.75. The molecule has 1 saturated carbocycles. The highest BCUT2D eigenvalue weighted by Gasteiger charge is 2.19. The van der Waals surface area contributed by atoms with Crippen LogP contribution in [0.2, 0.25) is 0 Å². The Kier molecular flexibility index (Phi) is 4.42. The topological polar surface area (TPSA) is 9.23 Å². The van der Waals surface area contributed by atoms with Crippen LogP contribution in [-0.4, -0.2) is 6.10 Å². The van der Waals surface area contributed by atoms with Crippen molar-refractivity contribution in [3.05, 3.63) is 34.3 Å². The van der Waals surface area contributed by atoms with Gasteiger partial charge in [-0.3, -0.25) is 0 Å². The van der Waals surface area contributed by atoms with E-state index < -0.39 is 0 Å². The third-order valence-corrected chi connectivity index (χ3v) is 3.76. The molecule has 0 radical (unpaired) electrons. The molecule has 0 heterocycles. The van der Waals surface area contributed by atoms with Crippen molar-refractivity contribution in [1.29, 1.82) is 0 Å². The highest BCUT2D eigenvalue weighted by atomic mass is 79.9. The van der Waals surface area contributed by atoms with E-state index in [2.05, 4.69) is 41.1 Å². The molecule has 0 spiro atoms. The van der Waals surface area contributed by atoms with Crippen molar-refractivity contribution in [3.8, 4) is 0 Å². The smallest absolute Gasteiger partial charge is 0.0721 e. The minimum atomic E-state index is 0.475. The molecule has 0 aromatic heterocycles. The molecule has 1 aromatic carbocycles. The first-order valence-corrected chi connectivity index (χ1v) is 6.89. The van der Waals surface area contributed by atoms with Gasteiger partial charge in [0, 0.05) is 4.47 Å². The Bertz CT molecular complexity index is 337. The van der Waals surface area contributed by atoms with Gasteiger partial charge in [0.25, 0.3) is 0 Å². The molecule has 2 unspecified atom stereocenters. The number of hydrogen-bond donors (Lipinski definition) is 0. The molecule has 1 aliphatic rings. The largest absolute Gasteiger partial charge is 0.374 e. The van der Waals surface area contributed by atoms with Crippen LogP contribution in [0.3, 0.4) is 0 Å². The van der Waals surface area contributed by atoms with Crippen molar-refractivity contribution in [2.24, 2.45) is 5.92 Å². The van der Waals surface area contributed by atoms with Gasteiger partial charge in [0.15, 0.2) is 0 Å². The Morgan fingerprint density at radius 2 is 2.25 bits per heavy atom. The maximum absolute atomic E-state index is 5.97. The van der Waals surface area contributed by atoms with Crippen molar-refractivity contribution >= 4 is 15.9 Å². The molecule has 0 bridgehead atoms. The summed E-state index contributed by atoms with van der Waals surface area (Å²) < 4.78 is 7.10. The van der Waals surface area contributed by atoms with E-state index in [1.807, 2.05) is 6.07 Å². The van der Waals surface area contributed by atoms with Crippen molar-refractivity contribution in [3.63, 3.8) is 0 Å². The van der Waals surface area contributed by atoms with Gasteiger partial charge in [-0.15, -0.1) is 0 Å². The van der Waals surface area contributed by atoms with Crippen molar-refractivity contribution in [2.75, 3.05) is 0 Å². The average molecular weight is 283 g/mol. The summed E-state index contributed by atoms with van der Waals surface area (Å²) in [6.45, 7) is 3.07. The lowest BCUT2D eigenvalue weighted by Gasteiger charge is -2.26.